The van der Waals surface area contributed by atoms with Crippen LogP contribution in [0.5, 0.6) is 0 Å². The van der Waals surface area contributed by atoms with Crippen LogP contribution in [0.2, 0.25) is 5.02 Å². The van der Waals surface area contributed by atoms with Crippen LogP contribution in [-0.4, -0.2) is 37.1 Å². The Labute approximate surface area is 104 Å². The highest BCUT2D eigenvalue weighted by Crippen LogP contribution is 2.21. The van der Waals surface area contributed by atoms with E-state index in [2.05, 4.69) is 0 Å². The fraction of sp³-hybridized carbons (Fsp3) is 0.417. The van der Waals surface area contributed by atoms with Crippen LogP contribution in [0.15, 0.2) is 18.2 Å². The molecule has 1 amide bonds. The molecule has 92 valence electrons. The molecule has 0 spiro atoms. The number of rotatable bonds is 2. The Hall–Kier alpha value is -1.13. The van der Waals surface area contributed by atoms with Gasteiger partial charge in [0, 0.05) is 20.2 Å². The molecule has 5 heteroatoms. The zero-order valence-corrected chi connectivity index (χ0v) is 10.2. The van der Waals surface area contributed by atoms with Gasteiger partial charge in [-0.2, -0.15) is 0 Å². The summed E-state index contributed by atoms with van der Waals surface area (Å²) in [5.41, 5.74) is 0.338. The van der Waals surface area contributed by atoms with Crippen molar-refractivity contribution in [3.05, 3.63) is 34.6 Å². The van der Waals surface area contributed by atoms with Crippen molar-refractivity contribution in [2.24, 2.45) is 0 Å². The fourth-order valence-corrected chi connectivity index (χ4v) is 2.19. The van der Waals surface area contributed by atoms with E-state index in [0.29, 0.717) is 18.7 Å². The smallest absolute Gasteiger partial charge is 0.255 e. The molecule has 2 rings (SSSR count). The predicted molar refractivity (Wildman–Crippen MR) is 62.7 cm³/mol. The van der Waals surface area contributed by atoms with Crippen molar-refractivity contribution < 1.29 is 13.9 Å². The van der Waals surface area contributed by atoms with Crippen molar-refractivity contribution in [3.8, 4) is 0 Å². The molecule has 0 aliphatic carbocycles. The van der Waals surface area contributed by atoms with E-state index in [1.165, 1.54) is 12.1 Å². The van der Waals surface area contributed by atoms with Gasteiger partial charge in [-0.15, -0.1) is 0 Å². The number of carbonyl (C=O) groups excluding carboxylic acids is 1. The van der Waals surface area contributed by atoms with Gasteiger partial charge in [0.2, 0.25) is 0 Å². The van der Waals surface area contributed by atoms with Gasteiger partial charge in [-0.05, 0) is 24.6 Å². The van der Waals surface area contributed by atoms with E-state index in [4.69, 9.17) is 16.3 Å². The Bertz CT molecular complexity index is 439. The van der Waals surface area contributed by atoms with Gasteiger partial charge in [-0.1, -0.05) is 11.6 Å². The van der Waals surface area contributed by atoms with Crippen LogP contribution >= 0.6 is 11.6 Å². The highest BCUT2D eigenvalue weighted by atomic mass is 35.5. The summed E-state index contributed by atoms with van der Waals surface area (Å²) in [6, 6.07) is 3.81. The molecule has 1 atom stereocenters. The molecular weight excluding hydrogens is 245 g/mol. The Kier molecular flexibility index (Phi) is 3.64. The number of carbonyl (C=O) groups is 1. The van der Waals surface area contributed by atoms with E-state index in [9.17, 15) is 9.18 Å². The lowest BCUT2D eigenvalue weighted by Crippen LogP contribution is -2.30. The second kappa shape index (κ2) is 5.02. The molecule has 3 nitrogen and oxygen atoms in total. The van der Waals surface area contributed by atoms with E-state index in [0.717, 1.165) is 12.5 Å². The van der Waals surface area contributed by atoms with Gasteiger partial charge in [0.25, 0.3) is 5.91 Å². The van der Waals surface area contributed by atoms with Crippen molar-refractivity contribution in [3.63, 3.8) is 0 Å². The van der Waals surface area contributed by atoms with E-state index in [1.54, 1.807) is 12.0 Å². The second-order valence-electron chi connectivity index (χ2n) is 4.02. The van der Waals surface area contributed by atoms with Gasteiger partial charge in [-0.25, -0.2) is 4.39 Å². The van der Waals surface area contributed by atoms with E-state index in [1.807, 2.05) is 0 Å². The maximum absolute atomic E-state index is 12.9. The SMILES string of the molecule is CO[C@@H]1CCN(C(=O)c2ccc(F)cc2Cl)C1. The molecule has 1 saturated heterocycles. The average molecular weight is 258 g/mol. The summed E-state index contributed by atoms with van der Waals surface area (Å²) in [6.45, 7) is 1.20. The number of halogens is 2. The van der Waals surface area contributed by atoms with Gasteiger partial charge < -0.3 is 9.64 Å². The fourth-order valence-electron chi connectivity index (χ4n) is 1.94. The van der Waals surface area contributed by atoms with Crippen molar-refractivity contribution in [1.82, 2.24) is 4.90 Å². The standard InChI is InChI=1S/C12H13ClFNO2/c1-17-9-4-5-15(7-9)12(16)10-3-2-8(14)6-11(10)13/h2-3,6,9H,4-5,7H2,1H3/t9-/m1/s1. The van der Waals surface area contributed by atoms with Crippen LogP contribution in [-0.2, 0) is 4.74 Å². The van der Waals surface area contributed by atoms with Crippen LogP contribution in [0, 0.1) is 5.82 Å². The molecule has 1 aromatic carbocycles. The topological polar surface area (TPSA) is 29.5 Å². The van der Waals surface area contributed by atoms with E-state index < -0.39 is 5.82 Å². The molecular formula is C12H13ClFNO2. The number of likely N-dealkylation sites (tertiary alicyclic amines) is 1. The minimum absolute atomic E-state index is 0.0816. The quantitative estimate of drug-likeness (QED) is 0.814. The van der Waals surface area contributed by atoms with Crippen LogP contribution in [0.3, 0.4) is 0 Å². The molecule has 1 aliphatic rings. The first-order valence-corrected chi connectivity index (χ1v) is 5.76. The van der Waals surface area contributed by atoms with Crippen LogP contribution in [0.1, 0.15) is 16.8 Å². The zero-order chi connectivity index (χ0) is 12.4. The summed E-state index contributed by atoms with van der Waals surface area (Å²) >= 11 is 5.85. The summed E-state index contributed by atoms with van der Waals surface area (Å²) in [5, 5.41) is 0.149. The predicted octanol–water partition coefficient (Wildman–Crippen LogP) is 2.34. The van der Waals surface area contributed by atoms with Gasteiger partial charge in [0.1, 0.15) is 5.82 Å². The highest BCUT2D eigenvalue weighted by Gasteiger charge is 2.27. The summed E-state index contributed by atoms with van der Waals surface area (Å²) in [6.07, 6.45) is 0.902. The van der Waals surface area contributed by atoms with Crippen LogP contribution in [0.25, 0.3) is 0 Å². The molecule has 0 saturated carbocycles. The first-order chi connectivity index (χ1) is 8.11. The molecule has 1 heterocycles. The van der Waals surface area contributed by atoms with Gasteiger partial charge in [-0.3, -0.25) is 4.79 Å². The third-order valence-corrected chi connectivity index (χ3v) is 3.24. The molecule has 0 N–H and O–H groups in total. The number of benzene rings is 1. The monoisotopic (exact) mass is 257 g/mol. The third kappa shape index (κ3) is 2.58. The maximum atomic E-state index is 12.9. The molecule has 1 aliphatic heterocycles. The molecule has 1 fully saturated rings. The molecule has 0 radical (unpaired) electrons. The number of ether oxygens (including phenoxy) is 1. The minimum Gasteiger partial charge on any atom is -0.380 e. The lowest BCUT2D eigenvalue weighted by Gasteiger charge is -2.16. The lowest BCUT2D eigenvalue weighted by atomic mass is 10.2. The van der Waals surface area contributed by atoms with E-state index >= 15 is 0 Å². The highest BCUT2D eigenvalue weighted by molar-refractivity contribution is 6.33. The Morgan fingerprint density at radius 1 is 1.59 bits per heavy atom. The average Bonchev–Trinajstić information content (AvgIpc) is 2.76. The van der Waals surface area contributed by atoms with Crippen LogP contribution < -0.4 is 0 Å². The Balaban J connectivity index is 2.15. The number of hydrogen-bond acceptors (Lipinski definition) is 2. The zero-order valence-electron chi connectivity index (χ0n) is 9.45. The minimum atomic E-state index is -0.442. The number of methoxy groups -OCH3 is 1. The number of hydrogen-bond donors (Lipinski definition) is 0. The molecule has 0 unspecified atom stereocenters. The van der Waals surface area contributed by atoms with Crippen molar-refractivity contribution >= 4 is 17.5 Å². The lowest BCUT2D eigenvalue weighted by molar-refractivity contribution is 0.0724. The third-order valence-electron chi connectivity index (χ3n) is 2.93. The molecule has 0 bridgehead atoms. The molecule has 1 aromatic rings. The van der Waals surface area contributed by atoms with Gasteiger partial charge >= 0.3 is 0 Å². The number of amides is 1. The first kappa shape index (κ1) is 12.3. The molecule has 0 aromatic heterocycles. The largest absolute Gasteiger partial charge is 0.380 e. The molecule has 17 heavy (non-hydrogen) atoms. The summed E-state index contributed by atoms with van der Waals surface area (Å²) in [5.74, 6) is -0.614. The van der Waals surface area contributed by atoms with Crippen molar-refractivity contribution in [2.75, 3.05) is 20.2 Å². The maximum Gasteiger partial charge on any atom is 0.255 e. The number of nitrogens with zero attached hydrogens (tertiary/aromatic N) is 1. The normalized spacial score (nSPS) is 19.7. The van der Waals surface area contributed by atoms with Crippen LogP contribution in [0.4, 0.5) is 4.39 Å². The summed E-state index contributed by atoms with van der Waals surface area (Å²) < 4.78 is 18.1. The summed E-state index contributed by atoms with van der Waals surface area (Å²) in [4.78, 5) is 13.8. The Morgan fingerprint density at radius 2 is 2.35 bits per heavy atom. The first-order valence-electron chi connectivity index (χ1n) is 5.39. The van der Waals surface area contributed by atoms with Crippen molar-refractivity contribution in [1.29, 1.82) is 0 Å². The van der Waals surface area contributed by atoms with Gasteiger partial charge in [0.05, 0.1) is 16.7 Å². The Morgan fingerprint density at radius 3 is 2.94 bits per heavy atom. The van der Waals surface area contributed by atoms with Gasteiger partial charge in [0.15, 0.2) is 0 Å². The summed E-state index contributed by atoms with van der Waals surface area (Å²) in [7, 11) is 1.63. The second-order valence-corrected chi connectivity index (χ2v) is 4.43. The van der Waals surface area contributed by atoms with E-state index in [-0.39, 0.29) is 17.0 Å². The van der Waals surface area contributed by atoms with Crippen molar-refractivity contribution in [2.45, 2.75) is 12.5 Å².